The third-order valence-electron chi connectivity index (χ3n) is 7.99. The van der Waals surface area contributed by atoms with Crippen molar-refractivity contribution in [1.29, 1.82) is 0 Å². The molecule has 4 N–H and O–H groups in total. The molecule has 2 saturated heterocycles. The van der Waals surface area contributed by atoms with Crippen LogP contribution < -0.4 is 20.1 Å². The molecule has 4 aliphatic rings. The molecule has 10 heteroatoms. The highest BCUT2D eigenvalue weighted by molar-refractivity contribution is 6.15. The normalized spacial score (nSPS) is 26.7. The van der Waals surface area contributed by atoms with E-state index in [-0.39, 0.29) is 43.1 Å². The molecule has 0 aromatic heterocycles. The smallest absolute Gasteiger partial charge is 0.250 e. The molecule has 38 heavy (non-hydrogen) atoms. The van der Waals surface area contributed by atoms with E-state index in [1.54, 1.807) is 48.5 Å². The summed E-state index contributed by atoms with van der Waals surface area (Å²) in [5, 5.41) is 26.0. The minimum absolute atomic E-state index is 0.0351. The number of nitrogens with one attached hydrogen (secondary N) is 2. The van der Waals surface area contributed by atoms with Gasteiger partial charge in [-0.15, -0.1) is 0 Å². The van der Waals surface area contributed by atoms with E-state index in [4.69, 9.17) is 9.47 Å². The number of aromatic hydroxyl groups is 2. The number of hydrogen-bond acceptors (Lipinski definition) is 8. The minimum atomic E-state index is -1.42. The number of rotatable bonds is 4. The quantitative estimate of drug-likeness (QED) is 0.307. The van der Waals surface area contributed by atoms with Gasteiger partial charge >= 0.3 is 0 Å². The van der Waals surface area contributed by atoms with Crippen LogP contribution in [0.5, 0.6) is 23.0 Å². The molecule has 4 heterocycles. The Morgan fingerprint density at radius 1 is 0.895 bits per heavy atom. The van der Waals surface area contributed by atoms with Gasteiger partial charge in [-0.2, -0.15) is 0 Å². The van der Waals surface area contributed by atoms with E-state index < -0.39 is 29.3 Å². The lowest BCUT2D eigenvalue weighted by atomic mass is 9.76. The van der Waals surface area contributed by atoms with Gasteiger partial charge in [0.2, 0.25) is 24.5 Å². The number of carbonyl (C=O) groups is 3. The molecule has 192 valence electrons. The molecule has 1 spiro atoms. The van der Waals surface area contributed by atoms with Gasteiger partial charge in [0.1, 0.15) is 5.54 Å². The second kappa shape index (κ2) is 7.96. The molecule has 3 aromatic carbocycles. The third kappa shape index (κ3) is 3.07. The Bertz CT molecular complexity index is 1540. The third-order valence-corrected chi connectivity index (χ3v) is 7.99. The molecule has 3 amide bonds. The maximum atomic E-state index is 14.0. The van der Waals surface area contributed by atoms with Crippen LogP contribution in [-0.4, -0.2) is 45.7 Å². The molecule has 2 fully saturated rings. The van der Waals surface area contributed by atoms with Gasteiger partial charge in [-0.05, 0) is 47.9 Å². The van der Waals surface area contributed by atoms with Crippen LogP contribution in [0, 0.1) is 11.8 Å². The minimum Gasteiger partial charge on any atom is -0.504 e. The average molecular weight is 514 g/mol. The van der Waals surface area contributed by atoms with Crippen LogP contribution in [0.4, 0.5) is 5.69 Å². The number of para-hydroxylation sites is 1. The predicted octanol–water partition coefficient (Wildman–Crippen LogP) is 1.99. The first-order valence-corrected chi connectivity index (χ1v) is 12.3. The number of ether oxygens (including phenoxy) is 2. The molecule has 0 aliphatic carbocycles. The van der Waals surface area contributed by atoms with Gasteiger partial charge in [-0.1, -0.05) is 30.3 Å². The summed E-state index contributed by atoms with van der Waals surface area (Å²) in [7, 11) is 0. The van der Waals surface area contributed by atoms with Crippen molar-refractivity contribution in [3.63, 3.8) is 0 Å². The zero-order valence-corrected chi connectivity index (χ0v) is 20.0. The van der Waals surface area contributed by atoms with E-state index in [9.17, 15) is 24.6 Å². The Hall–Kier alpha value is -4.57. The van der Waals surface area contributed by atoms with E-state index in [0.29, 0.717) is 33.9 Å². The summed E-state index contributed by atoms with van der Waals surface area (Å²) < 4.78 is 10.8. The van der Waals surface area contributed by atoms with Gasteiger partial charge in [0.05, 0.1) is 18.4 Å². The van der Waals surface area contributed by atoms with E-state index >= 15 is 0 Å². The summed E-state index contributed by atoms with van der Waals surface area (Å²) in [6.45, 7) is 0.148. The fourth-order valence-corrected chi connectivity index (χ4v) is 6.32. The fourth-order valence-electron chi connectivity index (χ4n) is 6.32. The molecule has 0 radical (unpaired) electrons. The lowest BCUT2D eigenvalue weighted by molar-refractivity contribution is -0.143. The maximum Gasteiger partial charge on any atom is 0.250 e. The highest BCUT2D eigenvalue weighted by atomic mass is 16.7. The van der Waals surface area contributed by atoms with Gasteiger partial charge < -0.3 is 25.0 Å². The summed E-state index contributed by atoms with van der Waals surface area (Å²) in [5.41, 5.74) is 1.16. The van der Waals surface area contributed by atoms with Crippen molar-refractivity contribution in [1.82, 2.24) is 10.2 Å². The molecule has 7 rings (SSSR count). The van der Waals surface area contributed by atoms with Gasteiger partial charge in [0.15, 0.2) is 23.0 Å². The van der Waals surface area contributed by atoms with Crippen LogP contribution in [0.2, 0.25) is 0 Å². The summed E-state index contributed by atoms with van der Waals surface area (Å²) >= 11 is 0. The highest BCUT2D eigenvalue weighted by Gasteiger charge is 2.70. The maximum absolute atomic E-state index is 14.0. The number of imide groups is 1. The summed E-state index contributed by atoms with van der Waals surface area (Å²) in [4.78, 5) is 42.7. The summed E-state index contributed by atoms with van der Waals surface area (Å²) in [6, 6.07) is 16.3. The van der Waals surface area contributed by atoms with E-state index in [1.165, 1.54) is 17.0 Å². The monoisotopic (exact) mass is 513 g/mol. The van der Waals surface area contributed by atoms with Crippen molar-refractivity contribution in [2.75, 3.05) is 12.1 Å². The van der Waals surface area contributed by atoms with E-state index in [0.717, 1.165) is 0 Å². The Labute approximate surface area is 216 Å². The van der Waals surface area contributed by atoms with Crippen molar-refractivity contribution in [2.24, 2.45) is 11.8 Å². The highest BCUT2D eigenvalue weighted by Crippen LogP contribution is 2.53. The van der Waals surface area contributed by atoms with Crippen molar-refractivity contribution in [2.45, 2.75) is 24.5 Å². The molecule has 4 aliphatic heterocycles. The zero-order chi connectivity index (χ0) is 26.2. The van der Waals surface area contributed by atoms with Gasteiger partial charge in [0, 0.05) is 17.3 Å². The molecule has 10 nitrogen and oxygen atoms in total. The molecular weight excluding hydrogens is 490 g/mol. The fraction of sp³-hybridized carbons (Fsp3) is 0.250. The van der Waals surface area contributed by atoms with Crippen LogP contribution in [0.3, 0.4) is 0 Å². The van der Waals surface area contributed by atoms with E-state index in [2.05, 4.69) is 10.6 Å². The largest absolute Gasteiger partial charge is 0.504 e. The standard InChI is InChI=1S/C28H23N3O7/c32-19-7-5-14(10-20(19)33)9-18-23-24(28(30-18)16-3-1-2-4-17(16)29-27(28)36)26(35)31(25(23)34)12-15-6-8-21-22(11-15)38-13-37-21/h1-8,10-11,18,23-24,30,32-33H,9,12-13H2,(H,29,36)/t18?,23-,24+,28?/m1/s1. The van der Waals surface area contributed by atoms with Crippen LogP contribution in [-0.2, 0) is 32.9 Å². The van der Waals surface area contributed by atoms with Crippen molar-refractivity contribution in [3.05, 3.63) is 77.4 Å². The van der Waals surface area contributed by atoms with Crippen LogP contribution in [0.15, 0.2) is 60.7 Å². The Morgan fingerprint density at radius 2 is 1.68 bits per heavy atom. The average Bonchev–Trinajstić information content (AvgIpc) is 3.63. The van der Waals surface area contributed by atoms with Crippen LogP contribution in [0.1, 0.15) is 16.7 Å². The number of nitrogens with zero attached hydrogens (tertiary/aromatic N) is 1. The van der Waals surface area contributed by atoms with Crippen molar-refractivity contribution >= 4 is 23.4 Å². The van der Waals surface area contributed by atoms with Gasteiger partial charge in [-0.25, -0.2) is 0 Å². The van der Waals surface area contributed by atoms with Gasteiger partial charge in [0.25, 0.3) is 0 Å². The summed E-state index contributed by atoms with van der Waals surface area (Å²) in [6.07, 6.45) is 0.253. The number of carbonyl (C=O) groups excluding carboxylic acids is 3. The molecule has 0 bridgehead atoms. The summed E-state index contributed by atoms with van der Waals surface area (Å²) in [5.74, 6) is -2.33. The second-order valence-electron chi connectivity index (χ2n) is 10.0. The number of amides is 3. The van der Waals surface area contributed by atoms with Crippen LogP contribution in [0.25, 0.3) is 0 Å². The predicted molar refractivity (Wildman–Crippen MR) is 132 cm³/mol. The number of phenolic OH excluding ortho intramolecular Hbond substituents is 2. The Kier molecular flexibility index (Phi) is 4.74. The number of phenols is 2. The number of benzene rings is 3. The zero-order valence-electron chi connectivity index (χ0n) is 20.0. The SMILES string of the molecule is O=C1[C@@H]2C(Cc3ccc(O)c(O)c3)NC3(C(=O)Nc4ccccc43)[C@@H]2C(=O)N1Cc1ccc2c(c1)OCO2. The molecule has 4 atom stereocenters. The Balaban J connectivity index is 1.29. The molecule has 2 unspecified atom stereocenters. The van der Waals surface area contributed by atoms with Crippen molar-refractivity contribution in [3.8, 4) is 23.0 Å². The van der Waals surface area contributed by atoms with E-state index in [1.807, 2.05) is 0 Å². The first-order chi connectivity index (χ1) is 18.4. The number of likely N-dealkylation sites (tertiary alicyclic amines) is 1. The second-order valence-corrected chi connectivity index (χ2v) is 10.0. The Morgan fingerprint density at radius 3 is 2.53 bits per heavy atom. The number of anilines is 1. The molecular formula is C28H23N3O7. The molecule has 0 saturated carbocycles. The topological polar surface area (TPSA) is 137 Å². The van der Waals surface area contributed by atoms with Crippen LogP contribution >= 0.6 is 0 Å². The molecule has 3 aromatic rings. The van der Waals surface area contributed by atoms with Crippen molar-refractivity contribution < 1.29 is 34.1 Å². The lowest BCUT2D eigenvalue weighted by Crippen LogP contribution is -2.53. The number of hydrogen-bond donors (Lipinski definition) is 4. The first-order valence-electron chi connectivity index (χ1n) is 12.3. The lowest BCUT2D eigenvalue weighted by Gasteiger charge is -2.29. The van der Waals surface area contributed by atoms with Gasteiger partial charge in [-0.3, -0.25) is 24.6 Å². The number of fused-ring (bicyclic) bond motifs is 5. The first kappa shape index (κ1) is 22.6.